The molecular formula is C28H22N4O8S2-2. The molecule has 42 heavy (non-hydrogen) atoms. The van der Waals surface area contributed by atoms with Crippen molar-refractivity contribution in [3.05, 3.63) is 108 Å². The van der Waals surface area contributed by atoms with E-state index in [0.717, 1.165) is 24.3 Å². The van der Waals surface area contributed by atoms with Gasteiger partial charge in [-0.05, 0) is 59.7 Å². The normalized spacial score (nSPS) is 11.6. The van der Waals surface area contributed by atoms with Gasteiger partial charge in [-0.1, -0.05) is 60.7 Å². The molecule has 0 aliphatic heterocycles. The van der Waals surface area contributed by atoms with E-state index >= 15 is 0 Å². The van der Waals surface area contributed by atoms with Crippen LogP contribution in [-0.2, 0) is 20.2 Å². The van der Waals surface area contributed by atoms with Crippen LogP contribution in [0.15, 0.2) is 107 Å². The third-order valence-corrected chi connectivity index (χ3v) is 7.37. The largest absolute Gasteiger partial charge is 0.744 e. The van der Waals surface area contributed by atoms with E-state index in [4.69, 9.17) is 0 Å². The van der Waals surface area contributed by atoms with Gasteiger partial charge in [0.15, 0.2) is 0 Å². The molecular weight excluding hydrogens is 584 g/mol. The van der Waals surface area contributed by atoms with Crippen LogP contribution in [-0.4, -0.2) is 38.0 Å². The van der Waals surface area contributed by atoms with Gasteiger partial charge in [0.2, 0.25) is 0 Å². The Balaban J connectivity index is 1.57. The number of benzene rings is 4. The Labute approximate surface area is 241 Å². The second-order valence-corrected chi connectivity index (χ2v) is 11.3. The second-order valence-electron chi connectivity index (χ2n) is 8.64. The lowest BCUT2D eigenvalue weighted by Gasteiger charge is -2.15. The predicted molar refractivity (Wildman–Crippen MR) is 156 cm³/mol. The first-order valence-electron chi connectivity index (χ1n) is 12.0. The van der Waals surface area contributed by atoms with E-state index < -0.39 is 42.1 Å². The van der Waals surface area contributed by atoms with Gasteiger partial charge in [-0.2, -0.15) is 0 Å². The maximum absolute atomic E-state index is 12.3. The van der Waals surface area contributed by atoms with Gasteiger partial charge in [0, 0.05) is 22.7 Å². The number of anilines is 4. The second kappa shape index (κ2) is 12.7. The van der Waals surface area contributed by atoms with Gasteiger partial charge in [-0.3, -0.25) is 0 Å². The van der Waals surface area contributed by atoms with Crippen LogP contribution in [0.4, 0.5) is 32.3 Å². The van der Waals surface area contributed by atoms with Crippen molar-refractivity contribution in [2.45, 2.75) is 9.79 Å². The summed E-state index contributed by atoms with van der Waals surface area (Å²) < 4.78 is 71.9. The van der Waals surface area contributed by atoms with E-state index in [1.165, 1.54) is 24.3 Å². The molecule has 0 radical (unpaired) electrons. The maximum atomic E-state index is 12.3. The number of hydrogen-bond donors (Lipinski definition) is 4. The average molecular weight is 607 g/mol. The summed E-state index contributed by atoms with van der Waals surface area (Å²) in [5.41, 5.74) is 0.710. The zero-order chi connectivity index (χ0) is 30.3. The molecule has 4 amide bonds. The van der Waals surface area contributed by atoms with Crippen molar-refractivity contribution in [2.24, 2.45) is 0 Å². The van der Waals surface area contributed by atoms with Crippen molar-refractivity contribution in [1.82, 2.24) is 0 Å². The van der Waals surface area contributed by atoms with Gasteiger partial charge < -0.3 is 30.4 Å². The van der Waals surface area contributed by atoms with Crippen LogP contribution in [0.2, 0.25) is 0 Å². The molecule has 4 N–H and O–H groups in total. The van der Waals surface area contributed by atoms with E-state index in [-0.39, 0.29) is 22.5 Å². The number of hydrogen-bond acceptors (Lipinski definition) is 8. The van der Waals surface area contributed by atoms with E-state index in [1.807, 2.05) is 0 Å². The summed E-state index contributed by atoms with van der Waals surface area (Å²) in [4.78, 5) is 23.2. The fourth-order valence-electron chi connectivity index (χ4n) is 3.74. The molecule has 0 unspecified atom stereocenters. The molecule has 0 fully saturated rings. The molecule has 0 aromatic heterocycles. The van der Waals surface area contributed by atoms with Crippen LogP contribution in [0.5, 0.6) is 0 Å². The smallest absolute Gasteiger partial charge is 0.323 e. The topological polar surface area (TPSA) is 197 Å². The van der Waals surface area contributed by atoms with Crippen molar-refractivity contribution >= 4 is 67.2 Å². The van der Waals surface area contributed by atoms with Crippen LogP contribution in [0.25, 0.3) is 12.2 Å². The first-order chi connectivity index (χ1) is 19.9. The molecule has 0 bridgehead atoms. The molecule has 0 aliphatic carbocycles. The van der Waals surface area contributed by atoms with Crippen molar-refractivity contribution in [2.75, 3.05) is 21.3 Å². The highest BCUT2D eigenvalue weighted by atomic mass is 32.2. The summed E-state index contributed by atoms with van der Waals surface area (Å²) in [5.74, 6) is 0. The van der Waals surface area contributed by atoms with Crippen molar-refractivity contribution < 1.29 is 35.5 Å². The number of rotatable bonds is 8. The van der Waals surface area contributed by atoms with Gasteiger partial charge in [0.25, 0.3) is 0 Å². The number of carbonyl (C=O) groups is 2. The molecule has 216 valence electrons. The lowest BCUT2D eigenvalue weighted by molar-refractivity contribution is 0.261. The Hall–Kier alpha value is -5.02. The number of nitrogens with one attached hydrogen (secondary N) is 4. The van der Waals surface area contributed by atoms with Gasteiger partial charge in [-0.15, -0.1) is 0 Å². The Bertz CT molecular complexity index is 1730. The minimum absolute atomic E-state index is 0.00189. The summed E-state index contributed by atoms with van der Waals surface area (Å²) in [5, 5.41) is 9.96. The average Bonchev–Trinajstić information content (AvgIpc) is 2.92. The minimum Gasteiger partial charge on any atom is -0.744 e. The standard InChI is InChI=1S/C28H24N4O8S2/c33-27(29-21-7-3-1-4-8-21)31-23-15-13-19(25(17-23)41(35,36)37)11-12-20-14-16-24(18-26(20)42(38,39)40)32-28(34)30-22-9-5-2-6-10-22/h1-18H,(H2,29,31,33)(H2,30,32,34)(H,35,36,37)(H,38,39,40)/p-2/b12-11+. The van der Waals surface area contributed by atoms with Crippen molar-refractivity contribution in [3.8, 4) is 0 Å². The molecule has 12 nitrogen and oxygen atoms in total. The predicted octanol–water partition coefficient (Wildman–Crippen LogP) is 4.95. The first-order valence-corrected chi connectivity index (χ1v) is 14.8. The Morgan fingerprint density at radius 1 is 0.500 bits per heavy atom. The Morgan fingerprint density at radius 2 is 0.833 bits per heavy atom. The SMILES string of the molecule is O=C(Nc1ccccc1)Nc1ccc(/C=C/c2ccc(NC(=O)Nc3ccccc3)cc2S(=O)(=O)[O-])c(S(=O)(=O)[O-])c1. The monoisotopic (exact) mass is 606 g/mol. The Morgan fingerprint density at radius 3 is 1.17 bits per heavy atom. The number of para-hydroxylation sites is 2. The first kappa shape index (κ1) is 30.0. The molecule has 0 spiro atoms. The molecule has 4 rings (SSSR count). The highest BCUT2D eigenvalue weighted by Crippen LogP contribution is 2.26. The zero-order valence-electron chi connectivity index (χ0n) is 21.5. The highest BCUT2D eigenvalue weighted by molar-refractivity contribution is 7.86. The zero-order valence-corrected chi connectivity index (χ0v) is 23.1. The number of amides is 4. The lowest BCUT2D eigenvalue weighted by atomic mass is 10.1. The molecule has 14 heteroatoms. The van der Waals surface area contributed by atoms with Crippen LogP contribution in [0.3, 0.4) is 0 Å². The van der Waals surface area contributed by atoms with E-state index in [2.05, 4.69) is 21.3 Å². The van der Waals surface area contributed by atoms with E-state index in [9.17, 15) is 35.5 Å². The summed E-state index contributed by atoms with van der Waals surface area (Å²) in [6.45, 7) is 0. The highest BCUT2D eigenvalue weighted by Gasteiger charge is 2.13. The van der Waals surface area contributed by atoms with Gasteiger partial charge in [0.1, 0.15) is 20.2 Å². The molecule has 0 heterocycles. The Kier molecular flexibility index (Phi) is 9.02. The number of carbonyl (C=O) groups excluding carboxylic acids is 2. The molecule has 0 atom stereocenters. The van der Waals surface area contributed by atoms with Crippen LogP contribution in [0.1, 0.15) is 11.1 Å². The molecule has 4 aromatic rings. The number of urea groups is 2. The van der Waals surface area contributed by atoms with E-state index in [1.54, 1.807) is 60.7 Å². The third-order valence-electron chi connectivity index (χ3n) is 5.59. The van der Waals surface area contributed by atoms with Crippen molar-refractivity contribution in [3.63, 3.8) is 0 Å². The third kappa shape index (κ3) is 8.25. The van der Waals surface area contributed by atoms with E-state index in [0.29, 0.717) is 11.4 Å². The summed E-state index contributed by atoms with van der Waals surface area (Å²) in [6.07, 6.45) is 2.27. The summed E-state index contributed by atoms with van der Waals surface area (Å²) in [7, 11) is -10.1. The van der Waals surface area contributed by atoms with Gasteiger partial charge in [0.05, 0.1) is 9.79 Å². The fourth-order valence-corrected chi connectivity index (χ4v) is 5.13. The summed E-state index contributed by atoms with van der Waals surface area (Å²) >= 11 is 0. The fraction of sp³-hybridized carbons (Fsp3) is 0. The van der Waals surface area contributed by atoms with Crippen molar-refractivity contribution in [1.29, 1.82) is 0 Å². The lowest BCUT2D eigenvalue weighted by Crippen LogP contribution is -2.19. The minimum atomic E-state index is -5.05. The molecule has 4 aromatic carbocycles. The van der Waals surface area contributed by atoms with Gasteiger partial charge in [-0.25, -0.2) is 26.4 Å². The van der Waals surface area contributed by atoms with Gasteiger partial charge >= 0.3 is 12.1 Å². The quantitative estimate of drug-likeness (QED) is 0.159. The molecule has 0 saturated heterocycles. The van der Waals surface area contributed by atoms with Crippen LogP contribution >= 0.6 is 0 Å². The van der Waals surface area contributed by atoms with Crippen LogP contribution in [0, 0.1) is 0 Å². The maximum Gasteiger partial charge on any atom is 0.323 e. The van der Waals surface area contributed by atoms with Crippen LogP contribution < -0.4 is 21.3 Å². The summed E-state index contributed by atoms with van der Waals surface area (Å²) in [6, 6.07) is 22.6. The molecule has 0 aliphatic rings. The molecule has 0 saturated carbocycles.